The monoisotopic (exact) mass is 350 g/mol. The highest BCUT2D eigenvalue weighted by atomic mass is 16.4. The van der Waals surface area contributed by atoms with Gasteiger partial charge in [0.25, 0.3) is 5.91 Å². The van der Waals surface area contributed by atoms with Gasteiger partial charge in [0, 0.05) is 20.1 Å². The Hall–Kier alpha value is -2.22. The molecule has 0 spiro atoms. The zero-order chi connectivity index (χ0) is 18.6. The van der Waals surface area contributed by atoms with Gasteiger partial charge < -0.3 is 20.4 Å². The minimum atomic E-state index is -1.22. The molecule has 0 radical (unpaired) electrons. The fraction of sp³-hybridized carbons (Fsp3) is 0.647. The van der Waals surface area contributed by atoms with Crippen LogP contribution in [0.2, 0.25) is 0 Å². The predicted octanol–water partition coefficient (Wildman–Crippen LogP) is 0.914. The van der Waals surface area contributed by atoms with Crippen LogP contribution in [-0.4, -0.2) is 58.5 Å². The highest BCUT2D eigenvalue weighted by Crippen LogP contribution is 2.37. The van der Waals surface area contributed by atoms with Crippen LogP contribution in [0.1, 0.15) is 43.6 Å². The van der Waals surface area contributed by atoms with E-state index in [0.29, 0.717) is 31.1 Å². The van der Waals surface area contributed by atoms with Crippen molar-refractivity contribution >= 4 is 17.7 Å². The van der Waals surface area contributed by atoms with E-state index in [1.807, 2.05) is 18.7 Å². The number of aliphatic hydroxyl groups excluding tert-OH is 1. The van der Waals surface area contributed by atoms with Gasteiger partial charge in [-0.25, -0.2) is 0 Å². The lowest BCUT2D eigenvalue weighted by atomic mass is 9.73. The predicted molar refractivity (Wildman–Crippen MR) is 92.4 cm³/mol. The van der Waals surface area contributed by atoms with E-state index >= 15 is 0 Å². The number of carbonyl (C=O) groups is 2. The number of amides is 1. The van der Waals surface area contributed by atoms with E-state index in [-0.39, 0.29) is 18.1 Å². The molecule has 3 N–H and O–H groups in total. The molecule has 0 saturated carbocycles. The Morgan fingerprint density at radius 2 is 2.12 bits per heavy atom. The number of nitrogens with zero attached hydrogens (tertiary/aromatic N) is 3. The van der Waals surface area contributed by atoms with Crippen molar-refractivity contribution in [1.29, 1.82) is 0 Å². The quantitative estimate of drug-likeness (QED) is 0.698. The van der Waals surface area contributed by atoms with Crippen molar-refractivity contribution in [2.75, 3.05) is 25.0 Å². The molecule has 1 aliphatic rings. The summed E-state index contributed by atoms with van der Waals surface area (Å²) < 4.78 is 0. The number of aliphatic carboxylic acids is 1. The third-order valence-electron chi connectivity index (χ3n) is 4.81. The summed E-state index contributed by atoms with van der Waals surface area (Å²) in [5, 5.41) is 30.7. The minimum absolute atomic E-state index is 0.171. The lowest BCUT2D eigenvalue weighted by Gasteiger charge is -2.44. The zero-order valence-electron chi connectivity index (χ0n) is 14.9. The first-order valence-corrected chi connectivity index (χ1v) is 8.52. The highest BCUT2D eigenvalue weighted by Gasteiger charge is 2.49. The number of carboxylic acids is 1. The van der Waals surface area contributed by atoms with Crippen LogP contribution in [0.5, 0.6) is 0 Å². The number of nitrogens with one attached hydrogen (secondary N) is 1. The molecule has 2 rings (SSSR count). The summed E-state index contributed by atoms with van der Waals surface area (Å²) in [5.74, 6) is -0.453. The van der Waals surface area contributed by atoms with Crippen LogP contribution in [0, 0.1) is 11.3 Å². The summed E-state index contributed by atoms with van der Waals surface area (Å²) in [4.78, 5) is 25.4. The van der Waals surface area contributed by atoms with Crippen molar-refractivity contribution in [2.24, 2.45) is 11.3 Å². The molecule has 2 heterocycles. The molecule has 0 aromatic carbocycles. The largest absolute Gasteiger partial charge is 0.481 e. The molecule has 25 heavy (non-hydrogen) atoms. The Morgan fingerprint density at radius 1 is 1.40 bits per heavy atom. The van der Waals surface area contributed by atoms with Gasteiger partial charge in [-0.1, -0.05) is 13.8 Å². The van der Waals surface area contributed by atoms with Gasteiger partial charge in [0.15, 0.2) is 11.5 Å². The second-order valence-electron chi connectivity index (χ2n) is 6.98. The van der Waals surface area contributed by atoms with Gasteiger partial charge in [0.05, 0.1) is 6.10 Å². The molecule has 8 nitrogen and oxygen atoms in total. The topological polar surface area (TPSA) is 116 Å². The zero-order valence-corrected chi connectivity index (χ0v) is 14.9. The molecular weight excluding hydrogens is 324 g/mol. The summed E-state index contributed by atoms with van der Waals surface area (Å²) in [7, 11) is 1.51. The van der Waals surface area contributed by atoms with Crippen LogP contribution in [-0.2, 0) is 4.79 Å². The molecular formula is C17H26N4O4. The Bertz CT molecular complexity index is 620. The number of carboxylic acid groups (broad SMARTS) is 1. The summed E-state index contributed by atoms with van der Waals surface area (Å²) >= 11 is 0. The highest BCUT2D eigenvalue weighted by molar-refractivity contribution is 5.91. The first-order chi connectivity index (χ1) is 11.8. The van der Waals surface area contributed by atoms with Crippen LogP contribution in [0.4, 0.5) is 5.82 Å². The lowest BCUT2D eigenvalue weighted by Crippen LogP contribution is -2.56. The second-order valence-corrected chi connectivity index (χ2v) is 6.98. The lowest BCUT2D eigenvalue weighted by molar-refractivity contribution is -0.158. The summed E-state index contributed by atoms with van der Waals surface area (Å²) in [6.07, 6.45) is 0.585. The molecule has 0 unspecified atom stereocenters. The van der Waals surface area contributed by atoms with Crippen molar-refractivity contribution in [2.45, 2.75) is 39.2 Å². The minimum Gasteiger partial charge on any atom is -0.481 e. The molecule has 1 fully saturated rings. The van der Waals surface area contributed by atoms with Crippen LogP contribution >= 0.6 is 0 Å². The van der Waals surface area contributed by atoms with Crippen molar-refractivity contribution in [3.8, 4) is 0 Å². The summed E-state index contributed by atoms with van der Waals surface area (Å²) in [6, 6.07) is 3.22. The molecule has 1 amide bonds. The maximum atomic E-state index is 12.0. The van der Waals surface area contributed by atoms with Gasteiger partial charge in [-0.05, 0) is 37.3 Å². The maximum absolute atomic E-state index is 12.0. The third kappa shape index (κ3) is 4.07. The van der Waals surface area contributed by atoms with Crippen LogP contribution in [0.3, 0.4) is 0 Å². The number of piperidine rings is 1. The number of carbonyl (C=O) groups excluding carboxylic acids is 1. The molecule has 2 atom stereocenters. The van der Waals surface area contributed by atoms with Crippen LogP contribution in [0.25, 0.3) is 0 Å². The fourth-order valence-corrected chi connectivity index (χ4v) is 3.13. The third-order valence-corrected chi connectivity index (χ3v) is 4.81. The second kappa shape index (κ2) is 7.77. The van der Waals surface area contributed by atoms with Gasteiger partial charge in [0.2, 0.25) is 0 Å². The van der Waals surface area contributed by atoms with Crippen molar-refractivity contribution in [1.82, 2.24) is 15.5 Å². The van der Waals surface area contributed by atoms with Crippen molar-refractivity contribution in [3.63, 3.8) is 0 Å². The summed E-state index contributed by atoms with van der Waals surface area (Å²) in [6.45, 7) is 4.73. The molecule has 8 heteroatoms. The SMILES string of the molecule is CNC(=O)c1ccc(N2CC[C@@H](O)[C@](CCC(C)C)(C(=O)O)C2)nn1. The van der Waals surface area contributed by atoms with E-state index in [2.05, 4.69) is 15.5 Å². The first kappa shape index (κ1) is 19.1. The van der Waals surface area contributed by atoms with Gasteiger partial charge in [-0.15, -0.1) is 10.2 Å². The molecule has 1 aromatic rings. The average molecular weight is 350 g/mol. The Labute approximate surface area is 147 Å². The van der Waals surface area contributed by atoms with E-state index in [4.69, 9.17) is 0 Å². The van der Waals surface area contributed by atoms with Crippen LogP contribution < -0.4 is 10.2 Å². The van der Waals surface area contributed by atoms with E-state index in [1.165, 1.54) is 7.05 Å². The number of hydrogen-bond donors (Lipinski definition) is 3. The average Bonchev–Trinajstić information content (AvgIpc) is 2.60. The molecule has 1 aliphatic heterocycles. The molecule has 0 aliphatic carbocycles. The van der Waals surface area contributed by atoms with Crippen molar-refractivity contribution in [3.05, 3.63) is 17.8 Å². The number of rotatable bonds is 6. The van der Waals surface area contributed by atoms with Gasteiger partial charge in [-0.3, -0.25) is 9.59 Å². The number of hydrogen-bond acceptors (Lipinski definition) is 6. The maximum Gasteiger partial charge on any atom is 0.314 e. The van der Waals surface area contributed by atoms with E-state index in [0.717, 1.165) is 6.42 Å². The summed E-state index contributed by atoms with van der Waals surface area (Å²) in [5.41, 5.74) is -1.02. The number of anilines is 1. The van der Waals surface area contributed by atoms with E-state index < -0.39 is 17.5 Å². The Kier molecular flexibility index (Phi) is 5.94. The van der Waals surface area contributed by atoms with E-state index in [9.17, 15) is 19.8 Å². The van der Waals surface area contributed by atoms with Gasteiger partial charge in [0.1, 0.15) is 5.41 Å². The van der Waals surface area contributed by atoms with Gasteiger partial charge in [-0.2, -0.15) is 0 Å². The molecule has 138 valence electrons. The Morgan fingerprint density at radius 3 is 2.64 bits per heavy atom. The molecule has 0 bridgehead atoms. The fourth-order valence-electron chi connectivity index (χ4n) is 3.13. The van der Waals surface area contributed by atoms with E-state index in [1.54, 1.807) is 12.1 Å². The smallest absolute Gasteiger partial charge is 0.314 e. The normalized spacial score (nSPS) is 23.6. The standard InChI is InChI=1S/C17H26N4O4/c1-11(2)6-8-17(16(24)25)10-21(9-7-13(17)22)14-5-4-12(19-20-14)15(23)18-3/h4-5,11,13,22H,6-10H2,1-3H3,(H,18,23)(H,24,25)/t13-,17-/m1/s1. The molecule has 1 saturated heterocycles. The first-order valence-electron chi connectivity index (χ1n) is 8.52. The molecule has 1 aromatic heterocycles. The van der Waals surface area contributed by atoms with Crippen molar-refractivity contribution < 1.29 is 19.8 Å². The Balaban J connectivity index is 2.22. The van der Waals surface area contributed by atoms with Crippen LogP contribution in [0.15, 0.2) is 12.1 Å². The number of aromatic nitrogens is 2. The van der Waals surface area contributed by atoms with Gasteiger partial charge >= 0.3 is 5.97 Å². The number of aliphatic hydroxyl groups is 1.